The number of rotatable bonds is 6. The predicted octanol–water partition coefficient (Wildman–Crippen LogP) is 4.36. The van der Waals surface area contributed by atoms with Gasteiger partial charge in [0.2, 0.25) is 5.91 Å². The van der Waals surface area contributed by atoms with Gasteiger partial charge in [0.15, 0.2) is 0 Å². The van der Waals surface area contributed by atoms with E-state index in [0.717, 1.165) is 37.1 Å². The largest absolute Gasteiger partial charge is 0.352 e. The lowest BCUT2D eigenvalue weighted by atomic mass is 9.96. The van der Waals surface area contributed by atoms with Crippen LogP contribution in [0, 0.1) is 5.92 Å². The minimum Gasteiger partial charge on any atom is -0.352 e. The Balaban J connectivity index is 1.47. The van der Waals surface area contributed by atoms with Crippen molar-refractivity contribution in [1.29, 1.82) is 0 Å². The number of carbonyl (C=O) groups is 2. The smallest absolute Gasteiger partial charge is 0.251 e. The van der Waals surface area contributed by atoms with Crippen LogP contribution >= 0.6 is 11.6 Å². The third-order valence-corrected chi connectivity index (χ3v) is 5.78. The molecule has 0 atom stereocenters. The van der Waals surface area contributed by atoms with Crippen LogP contribution in [0.15, 0.2) is 48.5 Å². The lowest BCUT2D eigenvalue weighted by molar-refractivity contribution is -0.124. The molecule has 0 saturated carbocycles. The highest BCUT2D eigenvalue weighted by Gasteiger charge is 2.23. The number of benzene rings is 2. The van der Waals surface area contributed by atoms with Gasteiger partial charge in [0, 0.05) is 28.2 Å². The molecule has 5 nitrogen and oxygen atoms in total. The van der Waals surface area contributed by atoms with Crippen LogP contribution in [0.4, 0.5) is 0 Å². The van der Waals surface area contributed by atoms with Crippen LogP contribution in [-0.4, -0.2) is 48.4 Å². The fourth-order valence-corrected chi connectivity index (χ4v) is 4.12. The molecule has 6 heteroatoms. The van der Waals surface area contributed by atoms with Crippen molar-refractivity contribution in [2.75, 3.05) is 26.2 Å². The summed E-state index contributed by atoms with van der Waals surface area (Å²) in [6.45, 7) is 8.81. The highest BCUT2D eigenvalue weighted by molar-refractivity contribution is 6.33. The second kappa shape index (κ2) is 10.3. The van der Waals surface area contributed by atoms with E-state index in [-0.39, 0.29) is 17.4 Å². The normalized spacial score (nSPS) is 15.5. The second-order valence-electron chi connectivity index (χ2n) is 9.29. The molecule has 1 heterocycles. The fraction of sp³-hybridized carbons (Fsp3) is 0.440. The summed E-state index contributed by atoms with van der Waals surface area (Å²) in [5.74, 6) is 0.427. The molecule has 166 valence electrons. The van der Waals surface area contributed by atoms with Gasteiger partial charge in [-0.15, -0.1) is 0 Å². The number of nitrogens with zero attached hydrogens (tertiary/aromatic N) is 1. The average Bonchev–Trinajstić information content (AvgIpc) is 2.72. The first kappa shape index (κ1) is 23.3. The second-order valence-corrected chi connectivity index (χ2v) is 9.70. The van der Waals surface area contributed by atoms with Gasteiger partial charge in [0.25, 0.3) is 5.91 Å². The van der Waals surface area contributed by atoms with Crippen molar-refractivity contribution in [3.63, 3.8) is 0 Å². The first-order valence-corrected chi connectivity index (χ1v) is 11.3. The topological polar surface area (TPSA) is 61.4 Å². The standard InChI is InChI=1S/C25H32ClN3O2/c1-25(2,3)28-23(30)17-29-13-11-18(12-14-29)16-27-24(31)20-8-6-7-19(15-20)21-9-4-5-10-22(21)26/h4-10,15,18H,11-14,16-17H2,1-3H3,(H,27,31)(H,28,30). The summed E-state index contributed by atoms with van der Waals surface area (Å²) >= 11 is 6.30. The Morgan fingerprint density at radius 2 is 1.77 bits per heavy atom. The number of amides is 2. The van der Waals surface area contributed by atoms with Crippen LogP contribution in [0.25, 0.3) is 11.1 Å². The molecule has 31 heavy (non-hydrogen) atoms. The molecule has 1 fully saturated rings. The van der Waals surface area contributed by atoms with E-state index in [9.17, 15) is 9.59 Å². The molecule has 0 radical (unpaired) electrons. The molecule has 2 amide bonds. The number of carbonyl (C=O) groups excluding carboxylic acids is 2. The number of piperidine rings is 1. The SMILES string of the molecule is CC(C)(C)NC(=O)CN1CCC(CNC(=O)c2cccc(-c3ccccc3Cl)c2)CC1. The fourth-order valence-electron chi connectivity index (χ4n) is 3.87. The van der Waals surface area contributed by atoms with Crippen LogP contribution in [0.3, 0.4) is 0 Å². The number of likely N-dealkylation sites (tertiary alicyclic amines) is 1. The number of hydrogen-bond donors (Lipinski definition) is 2. The Labute approximate surface area is 190 Å². The van der Waals surface area contributed by atoms with Crippen LogP contribution in [0.1, 0.15) is 44.0 Å². The van der Waals surface area contributed by atoms with Gasteiger partial charge in [0.1, 0.15) is 0 Å². The maximum atomic E-state index is 12.7. The van der Waals surface area contributed by atoms with Crippen molar-refractivity contribution in [3.8, 4) is 11.1 Å². The van der Waals surface area contributed by atoms with Crippen LogP contribution in [0.5, 0.6) is 0 Å². The highest BCUT2D eigenvalue weighted by Crippen LogP contribution is 2.28. The molecule has 0 aliphatic carbocycles. The predicted molar refractivity (Wildman–Crippen MR) is 126 cm³/mol. The maximum absolute atomic E-state index is 12.7. The van der Waals surface area contributed by atoms with Crippen molar-refractivity contribution in [2.24, 2.45) is 5.92 Å². The van der Waals surface area contributed by atoms with Crippen LogP contribution in [-0.2, 0) is 4.79 Å². The van der Waals surface area contributed by atoms with E-state index < -0.39 is 0 Å². The van der Waals surface area contributed by atoms with E-state index in [4.69, 9.17) is 11.6 Å². The Morgan fingerprint density at radius 3 is 2.45 bits per heavy atom. The minimum atomic E-state index is -0.206. The van der Waals surface area contributed by atoms with E-state index >= 15 is 0 Å². The van der Waals surface area contributed by atoms with E-state index in [1.807, 2.05) is 69.3 Å². The van der Waals surface area contributed by atoms with Gasteiger partial charge in [-0.1, -0.05) is 41.9 Å². The zero-order valence-corrected chi connectivity index (χ0v) is 19.3. The third kappa shape index (κ3) is 7.08. The molecule has 1 aliphatic rings. The minimum absolute atomic E-state index is 0.0673. The molecule has 2 aromatic rings. The Morgan fingerprint density at radius 1 is 1.06 bits per heavy atom. The summed E-state index contributed by atoms with van der Waals surface area (Å²) < 4.78 is 0. The van der Waals surface area contributed by atoms with Crippen molar-refractivity contribution < 1.29 is 9.59 Å². The summed E-state index contributed by atoms with van der Waals surface area (Å²) in [5, 5.41) is 6.76. The molecule has 0 spiro atoms. The molecule has 0 aromatic heterocycles. The summed E-state index contributed by atoms with van der Waals surface area (Å²) in [6, 6.07) is 15.2. The number of hydrogen-bond acceptors (Lipinski definition) is 3. The lowest BCUT2D eigenvalue weighted by Gasteiger charge is -2.32. The molecular weight excluding hydrogens is 410 g/mol. The number of halogens is 1. The average molecular weight is 442 g/mol. The van der Waals surface area contributed by atoms with Gasteiger partial charge >= 0.3 is 0 Å². The van der Waals surface area contributed by atoms with Crippen LogP contribution < -0.4 is 10.6 Å². The molecule has 0 bridgehead atoms. The summed E-state index contributed by atoms with van der Waals surface area (Å²) in [6.07, 6.45) is 1.95. The first-order valence-electron chi connectivity index (χ1n) is 10.9. The summed E-state index contributed by atoms with van der Waals surface area (Å²) in [5.41, 5.74) is 2.28. The van der Waals surface area contributed by atoms with Gasteiger partial charge in [0.05, 0.1) is 6.54 Å². The van der Waals surface area contributed by atoms with Crippen molar-refractivity contribution in [1.82, 2.24) is 15.5 Å². The number of nitrogens with one attached hydrogen (secondary N) is 2. The van der Waals surface area contributed by atoms with Gasteiger partial charge in [-0.25, -0.2) is 0 Å². The van der Waals surface area contributed by atoms with Gasteiger partial charge in [-0.3, -0.25) is 14.5 Å². The van der Waals surface area contributed by atoms with E-state index in [1.54, 1.807) is 0 Å². The monoisotopic (exact) mass is 441 g/mol. The van der Waals surface area contributed by atoms with Crippen LogP contribution in [0.2, 0.25) is 5.02 Å². The molecule has 1 aliphatic heterocycles. The zero-order valence-electron chi connectivity index (χ0n) is 18.6. The molecule has 1 saturated heterocycles. The van der Waals surface area contributed by atoms with Gasteiger partial charge < -0.3 is 10.6 Å². The van der Waals surface area contributed by atoms with Gasteiger partial charge in [-0.05, 0) is 76.4 Å². The van der Waals surface area contributed by atoms with E-state index in [0.29, 0.717) is 29.6 Å². The highest BCUT2D eigenvalue weighted by atomic mass is 35.5. The quantitative estimate of drug-likeness (QED) is 0.700. The molecular formula is C25H32ClN3O2. The van der Waals surface area contributed by atoms with Crippen molar-refractivity contribution in [2.45, 2.75) is 39.2 Å². The molecule has 3 rings (SSSR count). The van der Waals surface area contributed by atoms with E-state index in [1.165, 1.54) is 0 Å². The Hall–Kier alpha value is -2.37. The summed E-state index contributed by atoms with van der Waals surface area (Å²) in [7, 11) is 0. The zero-order chi connectivity index (χ0) is 22.4. The Kier molecular flexibility index (Phi) is 7.74. The van der Waals surface area contributed by atoms with Gasteiger partial charge in [-0.2, -0.15) is 0 Å². The maximum Gasteiger partial charge on any atom is 0.251 e. The first-order chi connectivity index (χ1) is 14.7. The lowest BCUT2D eigenvalue weighted by Crippen LogP contribution is -2.48. The molecule has 2 N–H and O–H groups in total. The van der Waals surface area contributed by atoms with E-state index in [2.05, 4.69) is 15.5 Å². The third-order valence-electron chi connectivity index (χ3n) is 5.45. The molecule has 2 aromatic carbocycles. The summed E-state index contributed by atoms with van der Waals surface area (Å²) in [4.78, 5) is 27.0. The van der Waals surface area contributed by atoms with Crippen molar-refractivity contribution >= 4 is 23.4 Å². The van der Waals surface area contributed by atoms with Crippen molar-refractivity contribution in [3.05, 3.63) is 59.1 Å². The molecule has 0 unspecified atom stereocenters. The Bertz CT molecular complexity index is 915.